The van der Waals surface area contributed by atoms with Crippen molar-refractivity contribution in [1.82, 2.24) is 24.5 Å². The summed E-state index contributed by atoms with van der Waals surface area (Å²) in [6.07, 6.45) is 9.46. The predicted molar refractivity (Wildman–Crippen MR) is 103 cm³/mol. The number of carbonyl (C=O) groups is 2. The van der Waals surface area contributed by atoms with Gasteiger partial charge in [-0.25, -0.2) is 4.98 Å². The summed E-state index contributed by atoms with van der Waals surface area (Å²) in [5, 5.41) is 3.17. The number of amides is 2. The molecule has 7 heteroatoms. The van der Waals surface area contributed by atoms with E-state index in [4.69, 9.17) is 0 Å². The molecule has 2 saturated heterocycles. The largest absolute Gasteiger partial charge is 0.350 e. The summed E-state index contributed by atoms with van der Waals surface area (Å²) in [5.41, 5.74) is 1.48. The fourth-order valence-electron chi connectivity index (χ4n) is 4.20. The summed E-state index contributed by atoms with van der Waals surface area (Å²) < 4.78 is 1.86. The number of fused-ring (bicyclic) bond motifs is 1. The van der Waals surface area contributed by atoms with Gasteiger partial charge in [-0.3, -0.25) is 14.5 Å². The second-order valence-electron chi connectivity index (χ2n) is 7.63. The van der Waals surface area contributed by atoms with Gasteiger partial charge in [-0.1, -0.05) is 0 Å². The Balaban J connectivity index is 1.41. The average Bonchev–Trinajstić information content (AvgIpc) is 3.38. The predicted octanol–water partition coefficient (Wildman–Crippen LogP) is 1.54. The smallest absolute Gasteiger partial charge is 0.256 e. The second-order valence-corrected chi connectivity index (χ2v) is 7.63. The maximum Gasteiger partial charge on any atom is 0.256 e. The molecule has 2 atom stereocenters. The summed E-state index contributed by atoms with van der Waals surface area (Å²) in [6.45, 7) is 5.26. The lowest BCUT2D eigenvalue weighted by Crippen LogP contribution is -2.53. The van der Waals surface area contributed by atoms with E-state index in [1.54, 1.807) is 12.5 Å². The van der Waals surface area contributed by atoms with Crippen LogP contribution in [0.1, 0.15) is 43.0 Å². The monoisotopic (exact) mass is 369 g/mol. The number of hydrogen-bond donors (Lipinski definition) is 1. The average molecular weight is 369 g/mol. The molecule has 0 spiro atoms. The topological polar surface area (TPSA) is 70.0 Å². The van der Waals surface area contributed by atoms with Crippen molar-refractivity contribution in [1.29, 1.82) is 0 Å². The molecular formula is C20H27N5O2. The third kappa shape index (κ3) is 3.69. The van der Waals surface area contributed by atoms with Crippen LogP contribution in [0.5, 0.6) is 0 Å². The maximum absolute atomic E-state index is 13.0. The van der Waals surface area contributed by atoms with E-state index in [0.29, 0.717) is 12.1 Å². The Bertz CT molecular complexity index is 827. The highest BCUT2D eigenvalue weighted by Crippen LogP contribution is 2.18. The third-order valence-corrected chi connectivity index (χ3v) is 5.80. The van der Waals surface area contributed by atoms with Gasteiger partial charge in [0.2, 0.25) is 5.91 Å². The number of piperidine rings is 1. The van der Waals surface area contributed by atoms with Crippen molar-refractivity contribution in [3.05, 3.63) is 36.4 Å². The quantitative estimate of drug-likeness (QED) is 0.888. The van der Waals surface area contributed by atoms with Crippen molar-refractivity contribution >= 4 is 17.3 Å². The van der Waals surface area contributed by atoms with E-state index in [0.717, 1.165) is 38.0 Å². The third-order valence-electron chi connectivity index (χ3n) is 5.80. The van der Waals surface area contributed by atoms with Gasteiger partial charge >= 0.3 is 0 Å². The van der Waals surface area contributed by atoms with Crippen LogP contribution < -0.4 is 5.32 Å². The fourth-order valence-corrected chi connectivity index (χ4v) is 4.20. The molecule has 2 aromatic rings. The Morgan fingerprint density at radius 1 is 1.22 bits per heavy atom. The van der Waals surface area contributed by atoms with Crippen molar-refractivity contribution < 1.29 is 9.59 Å². The van der Waals surface area contributed by atoms with Gasteiger partial charge in [0.15, 0.2) is 0 Å². The van der Waals surface area contributed by atoms with Crippen molar-refractivity contribution in [3.8, 4) is 0 Å². The van der Waals surface area contributed by atoms with Gasteiger partial charge in [0.25, 0.3) is 5.91 Å². The van der Waals surface area contributed by atoms with E-state index in [-0.39, 0.29) is 23.9 Å². The Kier molecular flexibility index (Phi) is 5.11. The number of hydrogen-bond acceptors (Lipinski definition) is 4. The highest BCUT2D eigenvalue weighted by Gasteiger charge is 2.29. The highest BCUT2D eigenvalue weighted by atomic mass is 16.2. The first-order valence-corrected chi connectivity index (χ1v) is 9.88. The SMILES string of the molecule is C[C@@H](C(=O)NC1CCCN(C(=O)c2cccn3cncc23)C1)N1CCCC1. The van der Waals surface area contributed by atoms with Crippen molar-refractivity contribution in [3.63, 3.8) is 0 Å². The van der Waals surface area contributed by atoms with Crippen LogP contribution in [-0.2, 0) is 4.79 Å². The molecule has 144 valence electrons. The first-order valence-electron chi connectivity index (χ1n) is 9.88. The van der Waals surface area contributed by atoms with Crippen LogP contribution in [-0.4, -0.2) is 69.3 Å². The van der Waals surface area contributed by atoms with Crippen LogP contribution in [0, 0.1) is 0 Å². The number of carbonyl (C=O) groups excluding carboxylic acids is 2. The van der Waals surface area contributed by atoms with E-state index < -0.39 is 0 Å². The number of nitrogens with one attached hydrogen (secondary N) is 1. The lowest BCUT2D eigenvalue weighted by Gasteiger charge is -2.34. The van der Waals surface area contributed by atoms with Gasteiger partial charge < -0.3 is 14.6 Å². The van der Waals surface area contributed by atoms with E-state index in [1.807, 2.05) is 34.6 Å². The molecule has 0 radical (unpaired) electrons. The Hall–Kier alpha value is -2.41. The van der Waals surface area contributed by atoms with Crippen molar-refractivity contribution in [2.24, 2.45) is 0 Å². The van der Waals surface area contributed by atoms with E-state index in [1.165, 1.54) is 12.8 Å². The van der Waals surface area contributed by atoms with Crippen LogP contribution in [0.15, 0.2) is 30.9 Å². The zero-order chi connectivity index (χ0) is 18.8. The Morgan fingerprint density at radius 2 is 2.04 bits per heavy atom. The van der Waals surface area contributed by atoms with Crippen molar-refractivity contribution in [2.75, 3.05) is 26.2 Å². The molecular weight excluding hydrogens is 342 g/mol. The molecule has 7 nitrogen and oxygen atoms in total. The maximum atomic E-state index is 13.0. The number of pyridine rings is 1. The summed E-state index contributed by atoms with van der Waals surface area (Å²) in [5.74, 6) is 0.0849. The second kappa shape index (κ2) is 7.68. The molecule has 2 fully saturated rings. The van der Waals surface area contributed by atoms with Crippen LogP contribution in [0.2, 0.25) is 0 Å². The molecule has 27 heavy (non-hydrogen) atoms. The minimum absolute atomic E-state index is 0.00707. The highest BCUT2D eigenvalue weighted by molar-refractivity contribution is 6.00. The van der Waals surface area contributed by atoms with Gasteiger partial charge in [0.05, 0.1) is 29.6 Å². The van der Waals surface area contributed by atoms with E-state index in [9.17, 15) is 9.59 Å². The number of nitrogens with zero attached hydrogens (tertiary/aromatic N) is 4. The van der Waals surface area contributed by atoms with Crippen LogP contribution in [0.4, 0.5) is 0 Å². The summed E-state index contributed by atoms with van der Waals surface area (Å²) in [6, 6.07) is 3.63. The molecule has 1 unspecified atom stereocenters. The summed E-state index contributed by atoms with van der Waals surface area (Å²) in [7, 11) is 0. The van der Waals surface area contributed by atoms with E-state index in [2.05, 4.69) is 15.2 Å². The standard InChI is InChI=1S/C20H27N5O2/c1-15(23-8-2-3-9-23)19(26)22-16-6-4-10-24(13-16)20(27)17-7-5-11-25-14-21-12-18(17)25/h5,7,11-12,14-16H,2-4,6,8-10,13H2,1H3,(H,22,26)/t15-,16?/m0/s1. The lowest BCUT2D eigenvalue weighted by atomic mass is 10.0. The van der Waals surface area contributed by atoms with Crippen LogP contribution >= 0.6 is 0 Å². The number of aromatic nitrogens is 2. The molecule has 2 aliphatic rings. The zero-order valence-corrected chi connectivity index (χ0v) is 15.8. The molecule has 4 heterocycles. The number of likely N-dealkylation sites (tertiary alicyclic amines) is 2. The number of imidazole rings is 1. The molecule has 2 aliphatic heterocycles. The fraction of sp³-hybridized carbons (Fsp3) is 0.550. The minimum atomic E-state index is -0.0980. The Labute approximate surface area is 159 Å². The molecule has 2 amide bonds. The van der Waals surface area contributed by atoms with Gasteiger partial charge in [-0.2, -0.15) is 0 Å². The molecule has 0 aliphatic carbocycles. The van der Waals surface area contributed by atoms with Gasteiger partial charge in [0, 0.05) is 25.3 Å². The number of rotatable bonds is 4. The van der Waals surface area contributed by atoms with Gasteiger partial charge in [-0.15, -0.1) is 0 Å². The Morgan fingerprint density at radius 3 is 2.85 bits per heavy atom. The lowest BCUT2D eigenvalue weighted by molar-refractivity contribution is -0.126. The minimum Gasteiger partial charge on any atom is -0.350 e. The molecule has 0 saturated carbocycles. The van der Waals surface area contributed by atoms with E-state index >= 15 is 0 Å². The van der Waals surface area contributed by atoms with Gasteiger partial charge in [0.1, 0.15) is 0 Å². The molecule has 0 aromatic carbocycles. The molecule has 0 bridgehead atoms. The first kappa shape index (κ1) is 18.0. The summed E-state index contributed by atoms with van der Waals surface area (Å²) >= 11 is 0. The van der Waals surface area contributed by atoms with Crippen molar-refractivity contribution in [2.45, 2.75) is 44.7 Å². The van der Waals surface area contributed by atoms with Crippen LogP contribution in [0.25, 0.3) is 5.52 Å². The molecule has 4 rings (SSSR count). The molecule has 1 N–H and O–H groups in total. The first-order chi connectivity index (χ1) is 13.1. The molecule has 2 aromatic heterocycles. The zero-order valence-electron chi connectivity index (χ0n) is 15.8. The van der Waals surface area contributed by atoms with Crippen LogP contribution in [0.3, 0.4) is 0 Å². The van der Waals surface area contributed by atoms with Gasteiger partial charge in [-0.05, 0) is 57.8 Å². The summed E-state index contributed by atoms with van der Waals surface area (Å²) in [4.78, 5) is 33.9. The normalized spacial score (nSPS) is 22.1.